The molecule has 0 bridgehead atoms. The van der Waals surface area contributed by atoms with Crippen LogP contribution in [-0.4, -0.2) is 44.0 Å². The van der Waals surface area contributed by atoms with Gasteiger partial charge in [-0.1, -0.05) is 11.6 Å². The first-order valence-electron chi connectivity index (χ1n) is 6.31. The Bertz CT molecular complexity index is 655. The first-order chi connectivity index (χ1) is 9.77. The molecule has 0 aliphatic heterocycles. The van der Waals surface area contributed by atoms with Gasteiger partial charge in [-0.05, 0) is 31.0 Å². The Balaban J connectivity index is 2.18. The molecule has 21 heavy (non-hydrogen) atoms. The number of benzene rings is 1. The van der Waals surface area contributed by atoms with Crippen LogP contribution in [0.4, 0.5) is 0 Å². The van der Waals surface area contributed by atoms with Gasteiger partial charge in [0.05, 0.1) is 22.9 Å². The van der Waals surface area contributed by atoms with Crippen LogP contribution in [0.3, 0.4) is 0 Å². The number of halogens is 1. The quantitative estimate of drug-likeness (QED) is 0.888. The summed E-state index contributed by atoms with van der Waals surface area (Å²) in [5.74, 6) is -0.954. The molecule has 0 atom stereocenters. The van der Waals surface area contributed by atoms with E-state index in [2.05, 4.69) is 0 Å². The highest BCUT2D eigenvalue weighted by molar-refractivity contribution is 7.89. The molecule has 1 aromatic rings. The fourth-order valence-corrected chi connectivity index (χ4v) is 3.98. The number of carboxylic acids is 1. The van der Waals surface area contributed by atoms with Gasteiger partial charge in [0, 0.05) is 13.1 Å². The van der Waals surface area contributed by atoms with Crippen molar-refractivity contribution >= 4 is 27.6 Å². The third-order valence-corrected chi connectivity index (χ3v) is 5.98. The maximum absolute atomic E-state index is 12.5. The summed E-state index contributed by atoms with van der Waals surface area (Å²) in [6.07, 6.45) is 0.657. The lowest BCUT2D eigenvalue weighted by Gasteiger charge is -2.38. The summed E-state index contributed by atoms with van der Waals surface area (Å²) < 4.78 is 31.1. The maximum Gasteiger partial charge on any atom is 0.306 e. The van der Waals surface area contributed by atoms with Gasteiger partial charge in [0.25, 0.3) is 0 Å². The standard InChI is InChI=1S/C13H16ClNO5S/c1-15(9-5-8(6-9)13(16)17)21(18,19)10-3-4-12(20-2)11(14)7-10/h3-4,7-9H,5-6H2,1-2H3,(H,16,17). The zero-order chi connectivity index (χ0) is 15.8. The van der Waals surface area contributed by atoms with E-state index in [0.29, 0.717) is 18.6 Å². The number of carboxylic acid groups (broad SMARTS) is 1. The van der Waals surface area contributed by atoms with E-state index < -0.39 is 21.9 Å². The van der Waals surface area contributed by atoms with Crippen molar-refractivity contribution in [3.8, 4) is 5.75 Å². The molecule has 1 aliphatic carbocycles. The van der Waals surface area contributed by atoms with Gasteiger partial charge in [-0.3, -0.25) is 4.79 Å². The monoisotopic (exact) mass is 333 g/mol. The number of rotatable bonds is 5. The molecule has 0 radical (unpaired) electrons. The first kappa shape index (κ1) is 16.1. The Hall–Kier alpha value is -1.31. The van der Waals surface area contributed by atoms with Crippen molar-refractivity contribution in [3.63, 3.8) is 0 Å². The molecule has 6 nitrogen and oxygen atoms in total. The molecule has 1 fully saturated rings. The minimum absolute atomic E-state index is 0.0644. The van der Waals surface area contributed by atoms with Crippen LogP contribution >= 0.6 is 11.6 Å². The van der Waals surface area contributed by atoms with E-state index >= 15 is 0 Å². The molecular formula is C13H16ClNO5S. The molecule has 1 aliphatic rings. The van der Waals surface area contributed by atoms with Crippen molar-refractivity contribution in [3.05, 3.63) is 23.2 Å². The Morgan fingerprint density at radius 3 is 2.52 bits per heavy atom. The molecule has 0 unspecified atom stereocenters. The molecule has 116 valence electrons. The van der Waals surface area contributed by atoms with E-state index in [9.17, 15) is 13.2 Å². The molecule has 0 amide bonds. The second-order valence-electron chi connectivity index (χ2n) is 4.98. The van der Waals surface area contributed by atoms with Crippen molar-refractivity contribution in [2.45, 2.75) is 23.8 Å². The average Bonchev–Trinajstić information content (AvgIpc) is 2.36. The van der Waals surface area contributed by atoms with E-state index in [1.165, 1.54) is 36.7 Å². The summed E-state index contributed by atoms with van der Waals surface area (Å²) in [6.45, 7) is 0. The van der Waals surface area contributed by atoms with Crippen molar-refractivity contribution < 1.29 is 23.1 Å². The summed E-state index contributed by atoms with van der Waals surface area (Å²) in [7, 11) is -0.794. The highest BCUT2D eigenvalue weighted by atomic mass is 35.5. The van der Waals surface area contributed by atoms with E-state index in [-0.39, 0.29) is 16.0 Å². The van der Waals surface area contributed by atoms with Crippen LogP contribution in [0.2, 0.25) is 5.02 Å². The van der Waals surface area contributed by atoms with Gasteiger partial charge >= 0.3 is 5.97 Å². The van der Waals surface area contributed by atoms with Crippen molar-refractivity contribution in [2.75, 3.05) is 14.2 Å². The Kier molecular flexibility index (Phi) is 4.46. The van der Waals surface area contributed by atoms with Crippen molar-refractivity contribution in [1.29, 1.82) is 0 Å². The van der Waals surface area contributed by atoms with Crippen LogP contribution in [0, 0.1) is 5.92 Å². The zero-order valence-corrected chi connectivity index (χ0v) is 13.2. The second-order valence-corrected chi connectivity index (χ2v) is 7.38. The third-order valence-electron chi connectivity index (χ3n) is 3.78. The van der Waals surface area contributed by atoms with Gasteiger partial charge in [0.2, 0.25) is 10.0 Å². The van der Waals surface area contributed by atoms with Crippen LogP contribution in [0.25, 0.3) is 0 Å². The number of aliphatic carboxylic acids is 1. The van der Waals surface area contributed by atoms with Crippen LogP contribution in [-0.2, 0) is 14.8 Å². The minimum Gasteiger partial charge on any atom is -0.495 e. The third kappa shape index (κ3) is 3.00. The van der Waals surface area contributed by atoms with E-state index in [1.807, 2.05) is 0 Å². The number of ether oxygens (including phenoxy) is 1. The molecule has 8 heteroatoms. The largest absolute Gasteiger partial charge is 0.495 e. The number of carbonyl (C=O) groups is 1. The van der Waals surface area contributed by atoms with Crippen LogP contribution in [0.5, 0.6) is 5.75 Å². The van der Waals surface area contributed by atoms with Gasteiger partial charge in [0.15, 0.2) is 0 Å². The van der Waals surface area contributed by atoms with E-state index in [1.54, 1.807) is 0 Å². The number of sulfonamides is 1. The second kappa shape index (κ2) is 5.82. The fraction of sp³-hybridized carbons (Fsp3) is 0.462. The van der Waals surface area contributed by atoms with Crippen LogP contribution < -0.4 is 4.74 Å². The van der Waals surface area contributed by atoms with Crippen LogP contribution in [0.15, 0.2) is 23.1 Å². The first-order valence-corrected chi connectivity index (χ1v) is 8.13. The Morgan fingerprint density at radius 2 is 2.05 bits per heavy atom. The molecule has 0 heterocycles. The molecule has 1 saturated carbocycles. The Labute approximate surface area is 128 Å². The lowest BCUT2D eigenvalue weighted by Crippen LogP contribution is -2.47. The van der Waals surface area contributed by atoms with Gasteiger partial charge in [0.1, 0.15) is 5.75 Å². The topological polar surface area (TPSA) is 83.9 Å². The van der Waals surface area contributed by atoms with Gasteiger partial charge in [-0.15, -0.1) is 0 Å². The highest BCUT2D eigenvalue weighted by Gasteiger charge is 2.41. The smallest absolute Gasteiger partial charge is 0.306 e. The van der Waals surface area contributed by atoms with Gasteiger partial charge in [-0.2, -0.15) is 4.31 Å². The normalized spacial score (nSPS) is 21.9. The minimum atomic E-state index is -3.70. The van der Waals surface area contributed by atoms with Gasteiger partial charge in [-0.25, -0.2) is 8.42 Å². The lowest BCUT2D eigenvalue weighted by molar-refractivity contribution is -0.146. The van der Waals surface area contributed by atoms with Crippen molar-refractivity contribution in [2.24, 2.45) is 5.92 Å². The summed E-state index contributed by atoms with van der Waals surface area (Å²) in [5.41, 5.74) is 0. The summed E-state index contributed by atoms with van der Waals surface area (Å²) in [5, 5.41) is 9.06. The Morgan fingerprint density at radius 1 is 1.43 bits per heavy atom. The van der Waals surface area contributed by atoms with E-state index in [0.717, 1.165) is 0 Å². The van der Waals surface area contributed by atoms with E-state index in [4.69, 9.17) is 21.4 Å². The molecule has 0 saturated heterocycles. The number of hydrogen-bond donors (Lipinski definition) is 1. The lowest BCUT2D eigenvalue weighted by atomic mass is 9.80. The predicted octanol–water partition coefficient (Wildman–Crippen LogP) is 1.83. The molecular weight excluding hydrogens is 318 g/mol. The summed E-state index contributed by atoms with van der Waals surface area (Å²) in [4.78, 5) is 10.8. The zero-order valence-electron chi connectivity index (χ0n) is 11.6. The summed E-state index contributed by atoms with van der Waals surface area (Å²) in [6, 6.07) is 3.95. The fourth-order valence-electron chi connectivity index (χ4n) is 2.26. The average molecular weight is 334 g/mol. The molecule has 1 N–H and O–H groups in total. The van der Waals surface area contributed by atoms with Crippen LogP contribution in [0.1, 0.15) is 12.8 Å². The number of methoxy groups -OCH3 is 1. The van der Waals surface area contributed by atoms with Gasteiger partial charge < -0.3 is 9.84 Å². The highest BCUT2D eigenvalue weighted by Crippen LogP contribution is 2.35. The predicted molar refractivity (Wildman–Crippen MR) is 77.1 cm³/mol. The maximum atomic E-state index is 12.5. The number of nitrogens with zero attached hydrogens (tertiary/aromatic N) is 1. The molecule has 0 spiro atoms. The molecule has 2 rings (SSSR count). The molecule has 0 aromatic heterocycles. The summed E-state index contributed by atoms with van der Waals surface area (Å²) >= 11 is 5.95. The number of hydrogen-bond acceptors (Lipinski definition) is 4. The molecule has 1 aromatic carbocycles. The van der Waals surface area contributed by atoms with Crippen molar-refractivity contribution in [1.82, 2.24) is 4.31 Å². The SMILES string of the molecule is COc1ccc(S(=O)(=O)N(C)C2CC(C(=O)O)C2)cc1Cl.